The number of hydrogen-bond donors (Lipinski definition) is 1. The van der Waals surface area contributed by atoms with Crippen molar-refractivity contribution in [2.75, 3.05) is 15.4 Å². The summed E-state index contributed by atoms with van der Waals surface area (Å²) in [7, 11) is -4.05. The molecule has 0 aliphatic carbocycles. The minimum atomic E-state index is -4.05. The lowest BCUT2D eigenvalue weighted by atomic mass is 10.1. The normalized spacial score (nSPS) is 13.5. The third-order valence-electron chi connectivity index (χ3n) is 5.51. The summed E-state index contributed by atoms with van der Waals surface area (Å²) >= 11 is 0.934. The highest BCUT2D eigenvalue weighted by Gasteiger charge is 2.36. The number of para-hydroxylation sites is 1. The number of halogens is 3. The van der Waals surface area contributed by atoms with Gasteiger partial charge in [0.1, 0.15) is 22.3 Å². The van der Waals surface area contributed by atoms with E-state index in [2.05, 4.69) is 15.3 Å². The van der Waals surface area contributed by atoms with Crippen molar-refractivity contribution in [3.05, 3.63) is 95.9 Å². The summed E-state index contributed by atoms with van der Waals surface area (Å²) in [5, 5.41) is 2.49. The molecule has 3 aromatic carbocycles. The smallest absolute Gasteiger partial charge is 0.268 e. The number of benzene rings is 3. The molecule has 0 spiro atoms. The Morgan fingerprint density at radius 2 is 1.70 bits per heavy atom. The Morgan fingerprint density at radius 3 is 2.46 bits per heavy atom. The number of carbonyl (C=O) groups is 1. The van der Waals surface area contributed by atoms with E-state index in [0.717, 1.165) is 23.9 Å². The molecule has 0 saturated heterocycles. The lowest BCUT2D eigenvalue weighted by Crippen LogP contribution is -2.34. The fourth-order valence-electron chi connectivity index (χ4n) is 3.78. The number of nitrogens with one attached hydrogen (secondary N) is 1. The highest BCUT2D eigenvalue weighted by Crippen LogP contribution is 2.42. The van der Waals surface area contributed by atoms with E-state index < -0.39 is 33.4 Å². The first-order valence-electron chi connectivity index (χ1n) is 10.8. The molecular weight excluding hydrogens is 525 g/mol. The van der Waals surface area contributed by atoms with Gasteiger partial charge >= 0.3 is 0 Å². The maximum absolute atomic E-state index is 13.8. The zero-order valence-electron chi connectivity index (χ0n) is 18.9. The topological polar surface area (TPSA) is 92.3 Å². The second-order valence-electron chi connectivity index (χ2n) is 7.98. The standard InChI is InChI=1S/C25H17F3N4O3S2/c26-16-7-5-15(6-8-16)13-32-21-4-2-1-3-18(21)24-22(37(32,34)35)12-29-25(31-24)36-14-23(33)30-20-10-9-17(27)11-19(20)28/h1-12H,13-14H2,(H,30,33). The van der Waals surface area contributed by atoms with Crippen LogP contribution in [0.4, 0.5) is 24.5 Å². The van der Waals surface area contributed by atoms with E-state index in [1.165, 1.54) is 34.8 Å². The van der Waals surface area contributed by atoms with Gasteiger partial charge in [0.25, 0.3) is 10.0 Å². The van der Waals surface area contributed by atoms with Gasteiger partial charge in [-0.15, -0.1) is 0 Å². The molecule has 0 unspecified atom stereocenters. The van der Waals surface area contributed by atoms with Gasteiger partial charge in [0.2, 0.25) is 5.91 Å². The number of sulfonamides is 1. The molecule has 0 bridgehead atoms. The third kappa shape index (κ3) is 5.02. The predicted molar refractivity (Wildman–Crippen MR) is 133 cm³/mol. The van der Waals surface area contributed by atoms with E-state index in [1.54, 1.807) is 24.3 Å². The molecule has 0 saturated carbocycles. The fraction of sp³-hybridized carbons (Fsp3) is 0.0800. The molecule has 12 heteroatoms. The molecule has 1 aliphatic rings. The fourth-order valence-corrected chi connectivity index (χ4v) is 5.95. The van der Waals surface area contributed by atoms with Crippen molar-refractivity contribution in [2.24, 2.45) is 0 Å². The zero-order chi connectivity index (χ0) is 26.2. The Hall–Kier alpha value is -3.90. The number of amides is 1. The summed E-state index contributed by atoms with van der Waals surface area (Å²) in [5.41, 5.74) is 1.57. The molecule has 0 fully saturated rings. The van der Waals surface area contributed by atoms with Crippen molar-refractivity contribution >= 4 is 39.1 Å². The number of carbonyl (C=O) groups excluding carboxylic acids is 1. The number of thioether (sulfide) groups is 1. The maximum atomic E-state index is 13.8. The molecule has 0 radical (unpaired) electrons. The number of rotatable bonds is 6. The minimum Gasteiger partial charge on any atom is -0.323 e. The molecule has 1 N–H and O–H groups in total. The van der Waals surface area contributed by atoms with Gasteiger partial charge in [-0.3, -0.25) is 9.10 Å². The Bertz CT molecular complexity index is 1620. The molecule has 1 aromatic heterocycles. The van der Waals surface area contributed by atoms with Crippen LogP contribution in [0.5, 0.6) is 0 Å². The maximum Gasteiger partial charge on any atom is 0.268 e. The highest BCUT2D eigenvalue weighted by molar-refractivity contribution is 7.99. The molecule has 0 atom stereocenters. The van der Waals surface area contributed by atoms with Crippen LogP contribution in [-0.4, -0.2) is 30.0 Å². The quantitative estimate of drug-likeness (QED) is 0.272. The van der Waals surface area contributed by atoms with Gasteiger partial charge in [-0.25, -0.2) is 31.6 Å². The molecule has 37 heavy (non-hydrogen) atoms. The van der Waals surface area contributed by atoms with Crippen LogP contribution >= 0.6 is 11.8 Å². The number of nitrogens with zero attached hydrogens (tertiary/aromatic N) is 3. The van der Waals surface area contributed by atoms with E-state index in [1.807, 2.05) is 0 Å². The summed E-state index contributed by atoms with van der Waals surface area (Å²) in [6.45, 7) is -0.0182. The van der Waals surface area contributed by atoms with Crippen molar-refractivity contribution in [3.8, 4) is 11.3 Å². The van der Waals surface area contributed by atoms with Crippen LogP contribution in [0.2, 0.25) is 0 Å². The Morgan fingerprint density at radius 1 is 0.973 bits per heavy atom. The number of aromatic nitrogens is 2. The van der Waals surface area contributed by atoms with E-state index in [4.69, 9.17) is 0 Å². The van der Waals surface area contributed by atoms with Gasteiger partial charge < -0.3 is 5.32 Å². The molecule has 5 rings (SSSR count). The first kappa shape index (κ1) is 24.8. The van der Waals surface area contributed by atoms with E-state index in [9.17, 15) is 26.4 Å². The first-order chi connectivity index (χ1) is 17.7. The molecular formula is C25H17F3N4O3S2. The second kappa shape index (κ2) is 9.87. The largest absolute Gasteiger partial charge is 0.323 e. The van der Waals surface area contributed by atoms with E-state index in [-0.39, 0.29) is 33.7 Å². The van der Waals surface area contributed by atoms with Crippen molar-refractivity contribution in [2.45, 2.75) is 16.6 Å². The van der Waals surface area contributed by atoms with Crippen LogP contribution in [0.15, 0.2) is 83.0 Å². The first-order valence-corrected chi connectivity index (χ1v) is 13.3. The van der Waals surface area contributed by atoms with E-state index >= 15 is 0 Å². The van der Waals surface area contributed by atoms with Crippen LogP contribution in [-0.2, 0) is 21.4 Å². The second-order valence-corrected chi connectivity index (χ2v) is 10.8. The summed E-state index contributed by atoms with van der Waals surface area (Å²) in [5.74, 6) is -2.86. The van der Waals surface area contributed by atoms with Gasteiger partial charge in [0.15, 0.2) is 5.16 Å². The minimum absolute atomic E-state index is 0.0182. The molecule has 4 aromatic rings. The summed E-state index contributed by atoms with van der Waals surface area (Å²) in [6, 6.07) is 15.2. The molecule has 188 valence electrons. The van der Waals surface area contributed by atoms with Crippen LogP contribution in [0.25, 0.3) is 11.3 Å². The SMILES string of the molecule is O=C(CSc1ncc2c(n1)-c1ccccc1N(Cc1ccc(F)cc1)S2(=O)=O)Nc1ccc(F)cc1F. The third-order valence-corrected chi connectivity index (χ3v) is 8.13. The molecule has 7 nitrogen and oxygen atoms in total. The Balaban J connectivity index is 1.40. The summed E-state index contributed by atoms with van der Waals surface area (Å²) < 4.78 is 68.5. The molecule has 1 aliphatic heterocycles. The lowest BCUT2D eigenvalue weighted by Gasteiger charge is -2.31. The predicted octanol–water partition coefficient (Wildman–Crippen LogP) is 5.00. The van der Waals surface area contributed by atoms with Crippen molar-refractivity contribution < 1.29 is 26.4 Å². The van der Waals surface area contributed by atoms with Crippen LogP contribution in [0, 0.1) is 17.5 Å². The Kier molecular flexibility index (Phi) is 6.61. The van der Waals surface area contributed by atoms with Gasteiger partial charge in [-0.05, 0) is 35.9 Å². The van der Waals surface area contributed by atoms with Crippen molar-refractivity contribution in [3.63, 3.8) is 0 Å². The van der Waals surface area contributed by atoms with Crippen LogP contribution in [0.1, 0.15) is 5.56 Å². The van der Waals surface area contributed by atoms with Crippen LogP contribution in [0.3, 0.4) is 0 Å². The number of fused-ring (bicyclic) bond motifs is 3. The van der Waals surface area contributed by atoms with Gasteiger partial charge in [-0.1, -0.05) is 42.1 Å². The lowest BCUT2D eigenvalue weighted by molar-refractivity contribution is -0.113. The average Bonchev–Trinajstić information content (AvgIpc) is 2.88. The van der Waals surface area contributed by atoms with Gasteiger partial charge in [0, 0.05) is 11.6 Å². The van der Waals surface area contributed by atoms with Crippen molar-refractivity contribution in [1.82, 2.24) is 9.97 Å². The van der Waals surface area contributed by atoms with E-state index in [0.29, 0.717) is 22.9 Å². The molecule has 1 amide bonds. The molecule has 2 heterocycles. The summed E-state index contributed by atoms with van der Waals surface area (Å²) in [4.78, 5) is 20.7. The number of hydrogen-bond acceptors (Lipinski definition) is 6. The van der Waals surface area contributed by atoms with Gasteiger partial charge in [-0.2, -0.15) is 0 Å². The average molecular weight is 543 g/mol. The Labute approximate surface area is 214 Å². The monoisotopic (exact) mass is 542 g/mol. The van der Waals surface area contributed by atoms with Gasteiger partial charge in [0.05, 0.1) is 35.6 Å². The van der Waals surface area contributed by atoms with Crippen molar-refractivity contribution in [1.29, 1.82) is 0 Å². The zero-order valence-corrected chi connectivity index (χ0v) is 20.5. The summed E-state index contributed by atoms with van der Waals surface area (Å²) in [6.07, 6.45) is 1.19. The number of anilines is 2. The van der Waals surface area contributed by atoms with Crippen LogP contribution < -0.4 is 9.62 Å². The highest BCUT2D eigenvalue weighted by atomic mass is 32.2.